The van der Waals surface area contributed by atoms with Crippen LogP contribution in [0.15, 0.2) is 16.1 Å². The minimum atomic E-state index is -3.76. The topological polar surface area (TPSA) is 82.0 Å². The molecule has 22 heavy (non-hydrogen) atoms. The summed E-state index contributed by atoms with van der Waals surface area (Å²) in [4.78, 5) is 16.2. The van der Waals surface area contributed by atoms with E-state index in [1.807, 2.05) is 0 Å². The van der Waals surface area contributed by atoms with Gasteiger partial charge in [0, 0.05) is 12.0 Å². The Bertz CT molecular complexity index is 755. The van der Waals surface area contributed by atoms with Crippen LogP contribution in [0.2, 0.25) is 0 Å². The zero-order chi connectivity index (χ0) is 16.5. The number of ether oxygens (including phenoxy) is 1. The van der Waals surface area contributed by atoms with Crippen LogP contribution >= 0.6 is 0 Å². The van der Waals surface area contributed by atoms with Gasteiger partial charge >= 0.3 is 5.97 Å². The number of benzene rings is 1. The Kier molecular flexibility index (Phi) is 4.50. The van der Waals surface area contributed by atoms with Crippen molar-refractivity contribution in [1.82, 2.24) is 0 Å². The Balaban J connectivity index is 2.79. The molecule has 0 unspecified atom stereocenters. The van der Waals surface area contributed by atoms with Gasteiger partial charge in [-0.15, -0.1) is 0 Å². The lowest BCUT2D eigenvalue weighted by Crippen LogP contribution is -2.26. The van der Waals surface area contributed by atoms with Gasteiger partial charge in [-0.2, -0.15) is 0 Å². The molecule has 0 radical (unpaired) electrons. The molecule has 0 saturated heterocycles. The molecule has 0 fully saturated rings. The van der Waals surface area contributed by atoms with E-state index in [2.05, 4.69) is 5.16 Å². The fourth-order valence-electron chi connectivity index (χ4n) is 2.46. The highest BCUT2D eigenvalue weighted by Gasteiger charge is 2.35. The quantitative estimate of drug-likeness (QED) is 0.624. The maximum absolute atomic E-state index is 14.3. The molecule has 2 rings (SSSR count). The number of nitrogens with zero attached hydrogens (tertiary/aromatic N) is 1. The SMILES string of the molecule is CCOC(=O)c1cc(F)c2c(c1C)C(=NOC)CCS2(=O)=O. The van der Waals surface area contributed by atoms with E-state index >= 15 is 0 Å². The minimum absolute atomic E-state index is 0.0148. The maximum atomic E-state index is 14.3. The first-order chi connectivity index (χ1) is 10.3. The van der Waals surface area contributed by atoms with Gasteiger partial charge in [-0.3, -0.25) is 0 Å². The molecule has 0 spiro atoms. The fourth-order valence-corrected chi connectivity index (χ4v) is 4.06. The predicted octanol–water partition coefficient (Wildman–Crippen LogP) is 1.84. The van der Waals surface area contributed by atoms with Crippen molar-refractivity contribution in [2.75, 3.05) is 19.5 Å². The van der Waals surface area contributed by atoms with E-state index in [0.717, 1.165) is 6.07 Å². The highest BCUT2D eigenvalue weighted by molar-refractivity contribution is 7.91. The number of esters is 1. The van der Waals surface area contributed by atoms with Crippen LogP contribution in [-0.4, -0.2) is 39.6 Å². The molecule has 0 amide bonds. The van der Waals surface area contributed by atoms with Gasteiger partial charge in [0.05, 0.1) is 23.6 Å². The third kappa shape index (κ3) is 2.70. The lowest BCUT2D eigenvalue weighted by Gasteiger charge is -2.22. The fraction of sp³-hybridized carbons (Fsp3) is 0.429. The van der Waals surface area contributed by atoms with Crippen molar-refractivity contribution in [1.29, 1.82) is 0 Å². The molecule has 1 heterocycles. The monoisotopic (exact) mass is 329 g/mol. The summed E-state index contributed by atoms with van der Waals surface area (Å²) < 4.78 is 43.5. The highest BCUT2D eigenvalue weighted by atomic mass is 32.2. The first kappa shape index (κ1) is 16.4. The number of carbonyl (C=O) groups excluding carboxylic acids is 1. The molecule has 1 aromatic carbocycles. The van der Waals surface area contributed by atoms with Gasteiger partial charge in [0.2, 0.25) is 0 Å². The number of oxime groups is 1. The first-order valence-electron chi connectivity index (χ1n) is 6.66. The van der Waals surface area contributed by atoms with Gasteiger partial charge in [-0.25, -0.2) is 17.6 Å². The van der Waals surface area contributed by atoms with Crippen molar-refractivity contribution in [2.45, 2.75) is 25.2 Å². The number of halogens is 1. The van der Waals surface area contributed by atoms with Crippen LogP contribution in [0.25, 0.3) is 0 Å². The predicted molar refractivity (Wildman–Crippen MR) is 77.3 cm³/mol. The number of rotatable bonds is 3. The molecule has 1 aliphatic rings. The molecule has 0 saturated carbocycles. The zero-order valence-corrected chi connectivity index (χ0v) is 13.3. The van der Waals surface area contributed by atoms with Crippen LogP contribution in [0, 0.1) is 12.7 Å². The van der Waals surface area contributed by atoms with Gasteiger partial charge in [0.1, 0.15) is 17.8 Å². The van der Waals surface area contributed by atoms with E-state index in [1.165, 1.54) is 14.0 Å². The molecule has 0 N–H and O–H groups in total. The summed E-state index contributed by atoms with van der Waals surface area (Å²) >= 11 is 0. The van der Waals surface area contributed by atoms with Crippen LogP contribution in [0.4, 0.5) is 4.39 Å². The Morgan fingerprint density at radius 2 is 2.14 bits per heavy atom. The summed E-state index contributed by atoms with van der Waals surface area (Å²) in [6, 6.07) is 0.902. The molecular weight excluding hydrogens is 313 g/mol. The third-order valence-electron chi connectivity index (χ3n) is 3.40. The molecule has 8 heteroatoms. The van der Waals surface area contributed by atoms with Crippen LogP contribution in [0.1, 0.15) is 34.8 Å². The molecule has 120 valence electrons. The van der Waals surface area contributed by atoms with Crippen molar-refractivity contribution >= 4 is 21.5 Å². The minimum Gasteiger partial charge on any atom is -0.462 e. The largest absolute Gasteiger partial charge is 0.462 e. The smallest absolute Gasteiger partial charge is 0.338 e. The van der Waals surface area contributed by atoms with Crippen molar-refractivity contribution < 1.29 is 27.2 Å². The van der Waals surface area contributed by atoms with E-state index < -0.39 is 26.5 Å². The van der Waals surface area contributed by atoms with Gasteiger partial charge in [0.15, 0.2) is 9.84 Å². The summed E-state index contributed by atoms with van der Waals surface area (Å²) in [6.45, 7) is 3.30. The Hall–Kier alpha value is -1.96. The molecule has 0 bridgehead atoms. The third-order valence-corrected chi connectivity index (χ3v) is 5.16. The lowest BCUT2D eigenvalue weighted by molar-refractivity contribution is 0.0524. The molecular formula is C14H16FNO5S. The number of hydrogen-bond acceptors (Lipinski definition) is 6. The lowest BCUT2D eigenvalue weighted by atomic mass is 9.96. The second-order valence-corrected chi connectivity index (χ2v) is 6.79. The average molecular weight is 329 g/mol. The summed E-state index contributed by atoms with van der Waals surface area (Å²) in [6.07, 6.45) is 0.0930. The summed E-state index contributed by atoms with van der Waals surface area (Å²) in [5.74, 6) is -1.94. The zero-order valence-electron chi connectivity index (χ0n) is 12.5. The number of carbonyl (C=O) groups is 1. The molecule has 6 nitrogen and oxygen atoms in total. The van der Waals surface area contributed by atoms with Crippen LogP contribution < -0.4 is 0 Å². The second-order valence-electron chi connectivity index (χ2n) is 4.74. The standard InChI is InChI=1S/C14H16FNO5S/c1-4-21-14(17)9-7-10(15)13-12(8(9)2)11(16-20-3)5-6-22(13,18)19/h7H,4-6H2,1-3H3. The number of fused-ring (bicyclic) bond motifs is 1. The second kappa shape index (κ2) is 6.04. The number of hydrogen-bond donors (Lipinski definition) is 0. The van der Waals surface area contributed by atoms with E-state index in [9.17, 15) is 17.6 Å². The Morgan fingerprint density at radius 3 is 2.73 bits per heavy atom. The molecule has 1 aliphatic heterocycles. The van der Waals surface area contributed by atoms with Crippen molar-refractivity contribution in [3.05, 3.63) is 28.6 Å². The van der Waals surface area contributed by atoms with E-state index in [4.69, 9.17) is 9.57 Å². The van der Waals surface area contributed by atoms with E-state index in [-0.39, 0.29) is 29.9 Å². The van der Waals surface area contributed by atoms with Gasteiger partial charge in [0.25, 0.3) is 0 Å². The number of sulfone groups is 1. The van der Waals surface area contributed by atoms with Crippen LogP contribution in [-0.2, 0) is 19.4 Å². The highest BCUT2D eigenvalue weighted by Crippen LogP contribution is 2.33. The molecule has 0 atom stereocenters. The molecule has 0 aliphatic carbocycles. The maximum Gasteiger partial charge on any atom is 0.338 e. The van der Waals surface area contributed by atoms with E-state index in [0.29, 0.717) is 11.3 Å². The van der Waals surface area contributed by atoms with Crippen molar-refractivity contribution in [2.24, 2.45) is 5.16 Å². The Morgan fingerprint density at radius 1 is 1.45 bits per heavy atom. The average Bonchev–Trinajstić information content (AvgIpc) is 2.44. The van der Waals surface area contributed by atoms with E-state index in [1.54, 1.807) is 6.92 Å². The Labute approximate surface area is 127 Å². The van der Waals surface area contributed by atoms with Gasteiger partial charge < -0.3 is 9.57 Å². The molecule has 0 aromatic heterocycles. The summed E-state index contributed by atoms with van der Waals surface area (Å²) in [5.41, 5.74) is 0.693. The van der Waals surface area contributed by atoms with Crippen LogP contribution in [0.3, 0.4) is 0 Å². The van der Waals surface area contributed by atoms with Crippen LogP contribution in [0.5, 0.6) is 0 Å². The molecule has 1 aromatic rings. The summed E-state index contributed by atoms with van der Waals surface area (Å²) in [5, 5.41) is 3.77. The van der Waals surface area contributed by atoms with Gasteiger partial charge in [-0.05, 0) is 25.5 Å². The van der Waals surface area contributed by atoms with Gasteiger partial charge in [-0.1, -0.05) is 5.16 Å². The normalized spacial score (nSPS) is 17.9. The van der Waals surface area contributed by atoms with Crippen molar-refractivity contribution in [3.8, 4) is 0 Å². The summed E-state index contributed by atoms with van der Waals surface area (Å²) in [7, 11) is -2.45. The first-order valence-corrected chi connectivity index (χ1v) is 8.32. The van der Waals surface area contributed by atoms with Crippen molar-refractivity contribution in [3.63, 3.8) is 0 Å².